The summed E-state index contributed by atoms with van der Waals surface area (Å²) in [4.78, 5) is 10.2. The van der Waals surface area contributed by atoms with Gasteiger partial charge in [-0.05, 0) is 6.03 Å². The Labute approximate surface area is 85.6 Å². The van der Waals surface area contributed by atoms with Crippen molar-refractivity contribution < 1.29 is 33.6 Å². The van der Waals surface area contributed by atoms with E-state index in [0.717, 1.165) is 0 Å². The van der Waals surface area contributed by atoms with Crippen molar-refractivity contribution in [3.63, 3.8) is 0 Å². The Morgan fingerprint density at radius 3 is 1.87 bits per heavy atom. The molecule has 1 atom stereocenters. The van der Waals surface area contributed by atoms with Crippen LogP contribution in [0.4, 0.5) is 12.6 Å². The Morgan fingerprint density at radius 2 is 1.53 bits per heavy atom. The Morgan fingerprint density at radius 1 is 1.07 bits per heavy atom. The van der Waals surface area contributed by atoms with Crippen molar-refractivity contribution >= 4 is 38.0 Å². The van der Waals surface area contributed by atoms with E-state index in [9.17, 15) is 33.6 Å². The molecule has 0 N–H and O–H groups in total. The van der Waals surface area contributed by atoms with Gasteiger partial charge in [0, 0.05) is 0 Å². The maximum absolute atomic E-state index is 11.6. The van der Waals surface area contributed by atoms with Crippen LogP contribution in [0.3, 0.4) is 0 Å². The quantitative estimate of drug-likeness (QED) is 0.675. The molecule has 0 spiro atoms. The Balaban J connectivity index is 4.28. The van der Waals surface area contributed by atoms with Gasteiger partial charge in [-0.2, -0.15) is 11.2 Å². The predicted molar refractivity (Wildman–Crippen MR) is 43.7 cm³/mol. The van der Waals surface area contributed by atoms with Gasteiger partial charge in [-0.25, -0.2) is 16.8 Å². The first kappa shape index (κ1) is 14.1. The first-order valence-electron chi connectivity index (χ1n) is 2.52. The van der Waals surface area contributed by atoms with Gasteiger partial charge < -0.3 is 18.4 Å². The van der Waals surface area contributed by atoms with Crippen LogP contribution >= 0.6 is 0 Å². The van der Waals surface area contributed by atoms with Crippen molar-refractivity contribution in [2.45, 2.75) is 0 Å². The van der Waals surface area contributed by atoms with Crippen molar-refractivity contribution in [1.82, 2.24) is 0 Å². The highest BCUT2D eigenvalue weighted by Crippen LogP contribution is 2.17. The zero-order valence-corrected chi connectivity index (χ0v) is 8.72. The minimum atomic E-state index is -5.55. The number of urea groups is 1. The molecule has 14 heteroatoms. The topological polar surface area (TPSA) is 145 Å². The van der Waals surface area contributed by atoms with E-state index in [1.54, 1.807) is 8.85 Å². The minimum absolute atomic E-state index is 1.71. The highest BCUT2D eigenvalue weighted by atomic mass is 32.3. The second-order valence-corrected chi connectivity index (χ2v) is 4.67. The van der Waals surface area contributed by atoms with Crippen molar-refractivity contribution in [2.75, 3.05) is 0 Å². The highest BCUT2D eigenvalue weighted by Gasteiger charge is 1.93. The van der Waals surface area contributed by atoms with Crippen LogP contribution in [-0.4, -0.2) is 27.1 Å². The fourth-order valence-electron chi connectivity index (χ4n) is 0.270. The number of nitrogens with zero attached hydrogens (tertiary/aromatic N) is 3. The lowest BCUT2D eigenvalue weighted by molar-refractivity contribution is 0.266. The number of amides is 2. The first-order chi connectivity index (χ1) is 6.49. The molecule has 90 valence electrons. The summed E-state index contributed by atoms with van der Waals surface area (Å²) >= 11 is -3.24. The zero-order valence-electron chi connectivity index (χ0n) is 6.27. The maximum atomic E-state index is 11.6. The van der Waals surface area contributed by atoms with Crippen molar-refractivity contribution in [3.05, 3.63) is 13.6 Å². The largest absolute Gasteiger partial charge is 0.604 e. The summed E-state index contributed by atoms with van der Waals surface area (Å²) in [6.45, 7) is 0. The number of hydrogen-bond donors (Lipinski definition) is 0. The molecule has 0 saturated heterocycles. The molecule has 0 bridgehead atoms. The Kier molecular flexibility index (Phi) is 4.50. The number of halogens is 2. The Bertz CT molecular complexity index is 422. The summed E-state index contributed by atoms with van der Waals surface area (Å²) in [5.41, 5.74) is 0. The van der Waals surface area contributed by atoms with Gasteiger partial charge in [-0.1, -0.05) is 0 Å². The lowest BCUT2D eigenvalue weighted by Crippen LogP contribution is -2.02. The van der Waals surface area contributed by atoms with Gasteiger partial charge in [0.25, 0.3) is 10.4 Å². The molecule has 9 nitrogen and oxygen atoms in total. The summed E-state index contributed by atoms with van der Waals surface area (Å²) in [6, 6.07) is -2.12. The molecule has 0 radical (unpaired) electrons. The van der Waals surface area contributed by atoms with Crippen LogP contribution < -0.4 is 0 Å². The van der Waals surface area contributed by atoms with Crippen LogP contribution in [-0.2, 0) is 32.0 Å². The molecular weight excluding hydrogens is 284 g/mol. The first-order valence-corrected chi connectivity index (χ1v) is 6.27. The molecule has 0 aliphatic heterocycles. The second kappa shape index (κ2) is 4.77. The molecule has 0 aromatic rings. The monoisotopic (exact) mass is 284 g/mol. The summed E-state index contributed by atoms with van der Waals surface area (Å²) in [6.07, 6.45) is 0. The minimum Gasteiger partial charge on any atom is -0.604 e. The molecule has 2 amide bonds. The standard InChI is InChI=1S/CHF2N3O6S3/c2-14(9,10)5-1(7)4-13(8)6-15(3,11)12/h(H-,4,5,7)/q-2/p-1. The number of carbonyl (C=O) groups excluding carboxylic acids is 1. The molecule has 0 aromatic carbocycles. The average Bonchev–Trinajstić information content (AvgIpc) is 1.73. The van der Waals surface area contributed by atoms with Gasteiger partial charge in [-0.3, -0.25) is 4.21 Å². The molecule has 0 saturated carbocycles. The van der Waals surface area contributed by atoms with Crippen molar-refractivity contribution in [1.29, 1.82) is 0 Å². The highest BCUT2D eigenvalue weighted by molar-refractivity contribution is 8.08. The van der Waals surface area contributed by atoms with Crippen LogP contribution in [0.2, 0.25) is 0 Å². The Hall–Kier alpha value is -0.860. The van der Waals surface area contributed by atoms with Gasteiger partial charge in [0.2, 0.25) is 10.4 Å². The van der Waals surface area contributed by atoms with E-state index in [1.165, 1.54) is 0 Å². The van der Waals surface area contributed by atoms with Crippen molar-refractivity contribution in [2.24, 2.45) is 0 Å². The van der Waals surface area contributed by atoms with Gasteiger partial charge in [-0.15, -0.1) is 7.77 Å². The molecule has 1 unspecified atom stereocenters. The van der Waals surface area contributed by atoms with E-state index in [0.29, 0.717) is 0 Å². The molecule has 15 heavy (non-hydrogen) atoms. The van der Waals surface area contributed by atoms with Crippen LogP contribution in [0.1, 0.15) is 0 Å². The average molecular weight is 284 g/mol. The van der Waals surface area contributed by atoms with Crippen LogP contribution in [0.5, 0.6) is 0 Å². The predicted octanol–water partition coefficient (Wildman–Crippen LogP) is 0.235. The summed E-state index contributed by atoms with van der Waals surface area (Å²) in [7, 11) is -11.1. The second-order valence-electron chi connectivity index (χ2n) is 1.59. The lowest BCUT2D eigenvalue weighted by Gasteiger charge is -2.32. The molecule has 0 heterocycles. The fourth-order valence-corrected chi connectivity index (χ4v) is 1.47. The van der Waals surface area contributed by atoms with Crippen LogP contribution in [0, 0.1) is 0 Å². The van der Waals surface area contributed by atoms with Crippen LogP contribution in [0.25, 0.3) is 13.6 Å². The van der Waals surface area contributed by atoms with E-state index in [1.807, 2.05) is 0 Å². The van der Waals surface area contributed by atoms with Crippen molar-refractivity contribution in [3.8, 4) is 0 Å². The summed E-state index contributed by atoms with van der Waals surface area (Å²) < 4.78 is 77.9. The fraction of sp³-hybridized carbons (Fsp3) is 0. The lowest BCUT2D eigenvalue weighted by atomic mass is 11.2. The zero-order chi connectivity index (χ0) is 12.3. The molecule has 0 aliphatic carbocycles. The molecule has 0 aromatic heterocycles. The smallest absolute Gasteiger partial charge is 0.252 e. The molecule has 0 aliphatic rings. The van der Waals surface area contributed by atoms with Gasteiger partial charge in [0.1, 0.15) is 0 Å². The van der Waals surface area contributed by atoms with E-state index in [-0.39, 0.29) is 0 Å². The molecular formula is CF2N3O6S3-3. The summed E-state index contributed by atoms with van der Waals surface area (Å²) in [5, 5.41) is 0. The van der Waals surface area contributed by atoms with Gasteiger partial charge in [0.15, 0.2) is 0 Å². The van der Waals surface area contributed by atoms with Gasteiger partial charge in [0.05, 0.1) is 0 Å². The van der Waals surface area contributed by atoms with E-state index < -0.39 is 38.0 Å². The van der Waals surface area contributed by atoms with E-state index in [4.69, 9.17) is 0 Å². The normalized spacial score (nSPS) is 14.3. The SMILES string of the molecule is O=C([N-]S(=O)[N-]S(=O)(=O)F)[N-]S(=O)(=O)F. The van der Waals surface area contributed by atoms with E-state index >= 15 is 0 Å². The number of hydrogen-bond acceptors (Lipinski definition) is 6. The third-order valence-electron chi connectivity index (χ3n) is 0.496. The summed E-state index contributed by atoms with van der Waals surface area (Å²) in [5.74, 6) is 0. The third kappa shape index (κ3) is 9.44. The molecule has 0 fully saturated rings. The maximum Gasteiger partial charge on any atom is 0.252 e. The van der Waals surface area contributed by atoms with Crippen LogP contribution in [0.15, 0.2) is 0 Å². The molecule has 0 rings (SSSR count). The number of rotatable bonds is 4. The van der Waals surface area contributed by atoms with E-state index in [2.05, 4.69) is 4.72 Å². The third-order valence-corrected chi connectivity index (χ3v) is 2.41. The van der Waals surface area contributed by atoms with Gasteiger partial charge >= 0.3 is 0 Å². The number of carbonyl (C=O) groups is 1.